The lowest BCUT2D eigenvalue weighted by Crippen LogP contribution is -2.01. The number of oxime groups is 1. The molecular formula is C18H22N2O3S. The van der Waals surface area contributed by atoms with E-state index in [2.05, 4.69) is 15.0 Å². The fourth-order valence-corrected chi connectivity index (χ4v) is 2.81. The Morgan fingerprint density at radius 2 is 1.96 bits per heavy atom. The van der Waals surface area contributed by atoms with E-state index in [4.69, 9.17) is 9.47 Å². The first-order valence-electron chi connectivity index (χ1n) is 7.63. The fourth-order valence-electron chi connectivity index (χ4n) is 2.15. The average Bonchev–Trinajstić information content (AvgIpc) is 3.00. The monoisotopic (exact) mass is 346 g/mol. The Hall–Kier alpha value is -2.34. The molecule has 0 atom stereocenters. The van der Waals surface area contributed by atoms with Crippen molar-refractivity contribution in [1.82, 2.24) is 4.98 Å². The Morgan fingerprint density at radius 3 is 2.62 bits per heavy atom. The molecule has 5 nitrogen and oxygen atoms in total. The molecule has 1 aromatic carbocycles. The number of nitrogens with zero attached hydrogens (tertiary/aromatic N) is 2. The van der Waals surface area contributed by atoms with Gasteiger partial charge in [-0.15, -0.1) is 11.3 Å². The molecule has 1 heterocycles. The Bertz CT molecular complexity index is 700. The van der Waals surface area contributed by atoms with E-state index in [0.29, 0.717) is 13.2 Å². The van der Waals surface area contributed by atoms with Gasteiger partial charge in [-0.1, -0.05) is 17.3 Å². The second-order valence-corrected chi connectivity index (χ2v) is 6.08. The van der Waals surface area contributed by atoms with Crippen LogP contribution in [0.4, 0.5) is 0 Å². The Kier molecular flexibility index (Phi) is 6.81. The van der Waals surface area contributed by atoms with Crippen molar-refractivity contribution in [2.24, 2.45) is 5.16 Å². The normalized spacial score (nSPS) is 11.3. The SMILES string of the molecule is C/C=C/COc1cc(C)c(OCc2nc(/C=N\OC)cs2)c(C)c1. The lowest BCUT2D eigenvalue weighted by Gasteiger charge is -2.13. The fraction of sp³-hybridized carbons (Fsp3) is 0.333. The molecule has 0 spiro atoms. The van der Waals surface area contributed by atoms with E-state index in [1.165, 1.54) is 18.4 Å². The molecule has 0 amide bonds. The number of ether oxygens (including phenoxy) is 2. The zero-order valence-electron chi connectivity index (χ0n) is 14.4. The third-order valence-corrected chi connectivity index (χ3v) is 4.06. The van der Waals surface area contributed by atoms with Crippen LogP contribution in [0.3, 0.4) is 0 Å². The van der Waals surface area contributed by atoms with E-state index >= 15 is 0 Å². The van der Waals surface area contributed by atoms with E-state index in [1.807, 2.05) is 50.4 Å². The highest BCUT2D eigenvalue weighted by Gasteiger charge is 2.09. The lowest BCUT2D eigenvalue weighted by molar-refractivity contribution is 0.215. The van der Waals surface area contributed by atoms with Gasteiger partial charge in [0.2, 0.25) is 0 Å². The van der Waals surface area contributed by atoms with Crippen LogP contribution < -0.4 is 9.47 Å². The maximum Gasteiger partial charge on any atom is 0.140 e. The summed E-state index contributed by atoms with van der Waals surface area (Å²) in [6, 6.07) is 3.98. The molecule has 2 aromatic rings. The molecule has 24 heavy (non-hydrogen) atoms. The van der Waals surface area contributed by atoms with E-state index in [1.54, 1.807) is 6.21 Å². The van der Waals surface area contributed by atoms with Crippen molar-refractivity contribution in [2.45, 2.75) is 27.4 Å². The van der Waals surface area contributed by atoms with Crippen LogP contribution >= 0.6 is 11.3 Å². The van der Waals surface area contributed by atoms with Crippen LogP contribution in [0.15, 0.2) is 34.8 Å². The summed E-state index contributed by atoms with van der Waals surface area (Å²) in [6.07, 6.45) is 5.52. The molecule has 0 N–H and O–H groups in total. The third kappa shape index (κ3) is 5.09. The largest absolute Gasteiger partial charge is 0.490 e. The summed E-state index contributed by atoms with van der Waals surface area (Å²) < 4.78 is 11.6. The standard InChI is InChI=1S/C18H22N2O3S/c1-5-6-7-22-16-8-13(2)18(14(3)9-16)23-11-17-20-15(12-24-17)10-19-21-4/h5-6,8-10,12H,7,11H2,1-4H3/b6-5+,19-10-. The van der Waals surface area contributed by atoms with Crippen molar-refractivity contribution in [2.75, 3.05) is 13.7 Å². The molecule has 0 aliphatic carbocycles. The number of aryl methyl sites for hydroxylation is 2. The van der Waals surface area contributed by atoms with Crippen molar-refractivity contribution < 1.29 is 14.3 Å². The van der Waals surface area contributed by atoms with Crippen molar-refractivity contribution in [3.63, 3.8) is 0 Å². The van der Waals surface area contributed by atoms with Crippen LogP contribution in [0.5, 0.6) is 11.5 Å². The van der Waals surface area contributed by atoms with Gasteiger partial charge in [0.25, 0.3) is 0 Å². The Labute approximate surface area is 146 Å². The summed E-state index contributed by atoms with van der Waals surface area (Å²) in [5.74, 6) is 1.72. The number of thiazole rings is 1. The van der Waals surface area contributed by atoms with Crippen molar-refractivity contribution in [3.8, 4) is 11.5 Å². The molecule has 0 fully saturated rings. The van der Waals surface area contributed by atoms with Gasteiger partial charge >= 0.3 is 0 Å². The van der Waals surface area contributed by atoms with Gasteiger partial charge in [-0.05, 0) is 44.0 Å². The molecule has 0 unspecified atom stereocenters. The predicted octanol–water partition coefficient (Wildman–Crippen LogP) is 4.27. The van der Waals surface area contributed by atoms with Crippen molar-refractivity contribution in [1.29, 1.82) is 0 Å². The molecule has 128 valence electrons. The topological polar surface area (TPSA) is 52.9 Å². The average molecular weight is 346 g/mol. The van der Waals surface area contributed by atoms with Gasteiger partial charge in [-0.25, -0.2) is 4.98 Å². The van der Waals surface area contributed by atoms with Gasteiger partial charge in [-0.2, -0.15) is 0 Å². The number of allylic oxidation sites excluding steroid dienone is 1. The summed E-state index contributed by atoms with van der Waals surface area (Å²) >= 11 is 1.53. The molecular weight excluding hydrogens is 324 g/mol. The van der Waals surface area contributed by atoms with Gasteiger partial charge in [-0.3, -0.25) is 0 Å². The molecule has 0 aliphatic rings. The predicted molar refractivity (Wildman–Crippen MR) is 97.3 cm³/mol. The molecule has 0 radical (unpaired) electrons. The Morgan fingerprint density at radius 1 is 1.21 bits per heavy atom. The van der Waals surface area contributed by atoms with Crippen LogP contribution in [0.25, 0.3) is 0 Å². The van der Waals surface area contributed by atoms with Crippen LogP contribution in [0.2, 0.25) is 0 Å². The Balaban J connectivity index is 2.01. The van der Waals surface area contributed by atoms with Gasteiger partial charge in [0.1, 0.15) is 36.8 Å². The first-order chi connectivity index (χ1) is 11.6. The number of hydrogen-bond donors (Lipinski definition) is 0. The van der Waals surface area contributed by atoms with Gasteiger partial charge in [0.05, 0.1) is 11.9 Å². The summed E-state index contributed by atoms with van der Waals surface area (Å²) in [6.45, 7) is 7.00. The lowest BCUT2D eigenvalue weighted by atomic mass is 10.1. The second-order valence-electron chi connectivity index (χ2n) is 5.14. The summed E-state index contributed by atoms with van der Waals surface area (Å²) in [5, 5.41) is 6.51. The van der Waals surface area contributed by atoms with E-state index < -0.39 is 0 Å². The molecule has 1 aromatic heterocycles. The smallest absolute Gasteiger partial charge is 0.140 e. The minimum Gasteiger partial charge on any atom is -0.490 e. The molecule has 6 heteroatoms. The van der Waals surface area contributed by atoms with Crippen LogP contribution in [-0.4, -0.2) is 24.9 Å². The summed E-state index contributed by atoms with van der Waals surface area (Å²) in [7, 11) is 1.50. The molecule has 0 aliphatic heterocycles. The summed E-state index contributed by atoms with van der Waals surface area (Å²) in [5.41, 5.74) is 2.85. The van der Waals surface area contributed by atoms with Crippen LogP contribution in [0.1, 0.15) is 28.8 Å². The van der Waals surface area contributed by atoms with Crippen LogP contribution in [0, 0.1) is 13.8 Å². The van der Waals surface area contributed by atoms with Crippen molar-refractivity contribution >= 4 is 17.6 Å². The highest BCUT2D eigenvalue weighted by Crippen LogP contribution is 2.29. The summed E-state index contributed by atoms with van der Waals surface area (Å²) in [4.78, 5) is 9.07. The highest BCUT2D eigenvalue weighted by molar-refractivity contribution is 7.09. The zero-order valence-corrected chi connectivity index (χ0v) is 15.2. The van der Waals surface area contributed by atoms with E-state index in [-0.39, 0.29) is 0 Å². The highest BCUT2D eigenvalue weighted by atomic mass is 32.1. The first kappa shape index (κ1) is 18.0. The molecule has 2 rings (SSSR count). The maximum absolute atomic E-state index is 5.95. The van der Waals surface area contributed by atoms with Crippen molar-refractivity contribution in [3.05, 3.63) is 51.5 Å². The van der Waals surface area contributed by atoms with Gasteiger partial charge in [0.15, 0.2) is 0 Å². The number of benzene rings is 1. The van der Waals surface area contributed by atoms with E-state index in [9.17, 15) is 0 Å². The third-order valence-electron chi connectivity index (χ3n) is 3.22. The molecule has 0 bridgehead atoms. The van der Waals surface area contributed by atoms with Gasteiger partial charge in [0, 0.05) is 5.38 Å². The van der Waals surface area contributed by atoms with Gasteiger partial charge < -0.3 is 14.3 Å². The molecule has 0 saturated carbocycles. The molecule has 0 saturated heterocycles. The minimum atomic E-state index is 0.423. The second kappa shape index (κ2) is 9.08. The maximum atomic E-state index is 5.95. The zero-order chi connectivity index (χ0) is 17.4. The van der Waals surface area contributed by atoms with Crippen LogP contribution in [-0.2, 0) is 11.4 Å². The number of rotatable bonds is 8. The first-order valence-corrected chi connectivity index (χ1v) is 8.51. The minimum absolute atomic E-state index is 0.423. The number of hydrogen-bond acceptors (Lipinski definition) is 6. The quantitative estimate of drug-likeness (QED) is 0.407. The number of aromatic nitrogens is 1. The van der Waals surface area contributed by atoms with E-state index in [0.717, 1.165) is 33.3 Å².